The Balaban J connectivity index is 1.78. The molecule has 1 N–H and O–H groups in total. The van der Waals surface area contributed by atoms with E-state index in [4.69, 9.17) is 5.11 Å². The van der Waals surface area contributed by atoms with Crippen LogP contribution in [-0.4, -0.2) is 20.6 Å². The Morgan fingerprint density at radius 1 is 1.11 bits per heavy atom. The first-order chi connectivity index (χ1) is 13.4. The van der Waals surface area contributed by atoms with Crippen molar-refractivity contribution in [1.29, 1.82) is 0 Å². The van der Waals surface area contributed by atoms with Crippen molar-refractivity contribution in [3.05, 3.63) is 86.8 Å². The third-order valence-electron chi connectivity index (χ3n) is 4.79. The standard InChI is InChI=1S/C22H18N2O3S/c1-13-3-8-17(14(2)9-13)18-11-28-20-19(18)21(25)24(12-23-20)10-15-4-6-16(7-5-15)22(26)27/h3-9,11-12H,10H2,1-2H3,(H,26,27). The fourth-order valence-corrected chi connectivity index (χ4v) is 4.24. The van der Waals surface area contributed by atoms with Gasteiger partial charge in [-0.3, -0.25) is 9.36 Å². The monoisotopic (exact) mass is 390 g/mol. The van der Waals surface area contributed by atoms with Crippen LogP contribution >= 0.6 is 11.3 Å². The number of nitrogens with zero attached hydrogens (tertiary/aromatic N) is 2. The summed E-state index contributed by atoms with van der Waals surface area (Å²) in [6.45, 7) is 4.43. The van der Waals surface area contributed by atoms with Crippen LogP contribution < -0.4 is 5.56 Å². The van der Waals surface area contributed by atoms with E-state index in [1.165, 1.54) is 16.9 Å². The van der Waals surface area contributed by atoms with Crippen LogP contribution in [0, 0.1) is 13.8 Å². The highest BCUT2D eigenvalue weighted by molar-refractivity contribution is 7.17. The van der Waals surface area contributed by atoms with E-state index < -0.39 is 5.97 Å². The van der Waals surface area contributed by atoms with Gasteiger partial charge in [0.2, 0.25) is 0 Å². The second-order valence-electron chi connectivity index (χ2n) is 6.83. The number of rotatable bonds is 4. The van der Waals surface area contributed by atoms with Crippen LogP contribution in [0.5, 0.6) is 0 Å². The van der Waals surface area contributed by atoms with E-state index >= 15 is 0 Å². The van der Waals surface area contributed by atoms with Crippen LogP contribution in [0.1, 0.15) is 27.0 Å². The van der Waals surface area contributed by atoms with E-state index in [0.29, 0.717) is 11.9 Å². The molecular formula is C22H18N2O3S. The molecule has 0 fully saturated rings. The number of aryl methyl sites for hydroxylation is 2. The van der Waals surface area contributed by atoms with Crippen molar-refractivity contribution in [2.45, 2.75) is 20.4 Å². The molecule has 0 bridgehead atoms. The second kappa shape index (κ2) is 7.05. The van der Waals surface area contributed by atoms with Gasteiger partial charge in [-0.2, -0.15) is 0 Å². The molecule has 6 heteroatoms. The topological polar surface area (TPSA) is 72.2 Å². The summed E-state index contributed by atoms with van der Waals surface area (Å²) in [4.78, 5) is 29.4. The van der Waals surface area contributed by atoms with E-state index in [1.54, 1.807) is 35.2 Å². The average molecular weight is 390 g/mol. The summed E-state index contributed by atoms with van der Waals surface area (Å²) in [5.74, 6) is -0.969. The van der Waals surface area contributed by atoms with Gasteiger partial charge in [-0.25, -0.2) is 9.78 Å². The van der Waals surface area contributed by atoms with Crippen LogP contribution in [0.15, 0.2) is 59.0 Å². The normalized spacial score (nSPS) is 11.1. The van der Waals surface area contributed by atoms with Crippen LogP contribution in [0.2, 0.25) is 0 Å². The number of carbonyl (C=O) groups is 1. The van der Waals surface area contributed by atoms with Gasteiger partial charge in [0, 0.05) is 10.9 Å². The lowest BCUT2D eigenvalue weighted by atomic mass is 9.99. The lowest BCUT2D eigenvalue weighted by Crippen LogP contribution is -2.21. The predicted molar refractivity (Wildman–Crippen MR) is 111 cm³/mol. The molecule has 140 valence electrons. The lowest BCUT2D eigenvalue weighted by molar-refractivity contribution is 0.0697. The molecule has 4 aromatic rings. The first kappa shape index (κ1) is 18.1. The first-order valence-corrected chi connectivity index (χ1v) is 9.68. The number of aromatic carboxylic acids is 1. The summed E-state index contributed by atoms with van der Waals surface area (Å²) in [5, 5.41) is 11.6. The number of hydrogen-bond donors (Lipinski definition) is 1. The Kier molecular flexibility index (Phi) is 4.57. The Bertz CT molecular complexity index is 1250. The molecule has 0 aliphatic rings. The quantitative estimate of drug-likeness (QED) is 0.557. The maximum absolute atomic E-state index is 13.2. The predicted octanol–water partition coefficient (Wildman–Crippen LogP) is 4.49. The van der Waals surface area contributed by atoms with Crippen molar-refractivity contribution in [2.75, 3.05) is 0 Å². The number of hydrogen-bond acceptors (Lipinski definition) is 4. The summed E-state index contributed by atoms with van der Waals surface area (Å²) in [6.07, 6.45) is 1.55. The molecule has 2 aromatic heterocycles. The van der Waals surface area contributed by atoms with Gasteiger partial charge in [0.15, 0.2) is 0 Å². The van der Waals surface area contributed by atoms with Gasteiger partial charge in [0.05, 0.1) is 23.8 Å². The van der Waals surface area contributed by atoms with Gasteiger partial charge in [0.1, 0.15) is 4.83 Å². The molecular weight excluding hydrogens is 372 g/mol. The zero-order chi connectivity index (χ0) is 19.8. The van der Waals surface area contributed by atoms with Gasteiger partial charge in [0.25, 0.3) is 5.56 Å². The number of benzene rings is 2. The molecule has 0 unspecified atom stereocenters. The van der Waals surface area contributed by atoms with Crippen LogP contribution in [0.25, 0.3) is 21.3 Å². The zero-order valence-corrected chi connectivity index (χ0v) is 16.3. The molecule has 0 atom stereocenters. The molecule has 0 aliphatic heterocycles. The summed E-state index contributed by atoms with van der Waals surface area (Å²) in [6, 6.07) is 12.7. The molecule has 2 heterocycles. The molecule has 0 radical (unpaired) electrons. The molecule has 5 nitrogen and oxygen atoms in total. The van der Waals surface area contributed by atoms with Crippen LogP contribution in [0.3, 0.4) is 0 Å². The SMILES string of the molecule is Cc1ccc(-c2csc3ncn(Cc4ccc(C(=O)O)cc4)c(=O)c23)c(C)c1. The largest absolute Gasteiger partial charge is 0.478 e. The number of thiophene rings is 1. The summed E-state index contributed by atoms with van der Waals surface area (Å²) >= 11 is 1.47. The molecule has 0 saturated carbocycles. The third kappa shape index (κ3) is 3.23. The van der Waals surface area contributed by atoms with E-state index in [0.717, 1.165) is 27.1 Å². The Morgan fingerprint density at radius 2 is 1.86 bits per heavy atom. The van der Waals surface area contributed by atoms with E-state index in [2.05, 4.69) is 11.1 Å². The number of carboxylic acid groups (broad SMARTS) is 1. The van der Waals surface area contributed by atoms with Crippen LogP contribution in [-0.2, 0) is 6.54 Å². The van der Waals surface area contributed by atoms with Crippen molar-refractivity contribution in [3.63, 3.8) is 0 Å². The van der Waals surface area contributed by atoms with E-state index in [1.807, 2.05) is 31.4 Å². The lowest BCUT2D eigenvalue weighted by Gasteiger charge is -2.08. The smallest absolute Gasteiger partial charge is 0.335 e. The van der Waals surface area contributed by atoms with E-state index in [-0.39, 0.29) is 11.1 Å². The Labute approximate surface area is 165 Å². The van der Waals surface area contributed by atoms with E-state index in [9.17, 15) is 9.59 Å². The fraction of sp³-hybridized carbons (Fsp3) is 0.136. The van der Waals surface area contributed by atoms with Gasteiger partial charge in [-0.1, -0.05) is 35.9 Å². The Hall–Kier alpha value is -3.25. The minimum absolute atomic E-state index is 0.0939. The third-order valence-corrected chi connectivity index (χ3v) is 5.67. The molecule has 0 aliphatic carbocycles. The molecule has 4 rings (SSSR count). The van der Waals surface area contributed by atoms with Crippen molar-refractivity contribution < 1.29 is 9.90 Å². The zero-order valence-electron chi connectivity index (χ0n) is 15.5. The van der Waals surface area contributed by atoms with Crippen molar-refractivity contribution >= 4 is 27.5 Å². The highest BCUT2D eigenvalue weighted by atomic mass is 32.1. The van der Waals surface area contributed by atoms with Gasteiger partial charge < -0.3 is 5.11 Å². The van der Waals surface area contributed by atoms with Crippen LogP contribution in [0.4, 0.5) is 0 Å². The summed E-state index contributed by atoms with van der Waals surface area (Å²) < 4.78 is 1.57. The van der Waals surface area contributed by atoms with Crippen molar-refractivity contribution in [3.8, 4) is 11.1 Å². The molecule has 0 spiro atoms. The van der Waals surface area contributed by atoms with Crippen molar-refractivity contribution in [1.82, 2.24) is 9.55 Å². The molecule has 2 aromatic carbocycles. The number of aromatic nitrogens is 2. The molecule has 0 saturated heterocycles. The van der Waals surface area contributed by atoms with Gasteiger partial charge in [-0.05, 0) is 42.7 Å². The average Bonchev–Trinajstić information content (AvgIpc) is 3.09. The maximum Gasteiger partial charge on any atom is 0.335 e. The highest BCUT2D eigenvalue weighted by Gasteiger charge is 2.15. The highest BCUT2D eigenvalue weighted by Crippen LogP contribution is 2.33. The maximum atomic E-state index is 13.2. The van der Waals surface area contributed by atoms with Gasteiger partial charge in [-0.15, -0.1) is 11.3 Å². The summed E-state index contributed by atoms with van der Waals surface area (Å²) in [7, 11) is 0. The molecule has 0 amide bonds. The number of fused-ring (bicyclic) bond motifs is 1. The second-order valence-corrected chi connectivity index (χ2v) is 7.69. The fourth-order valence-electron chi connectivity index (χ4n) is 3.34. The number of carboxylic acids is 1. The van der Waals surface area contributed by atoms with Crippen molar-refractivity contribution in [2.24, 2.45) is 0 Å². The summed E-state index contributed by atoms with van der Waals surface area (Å²) in [5.41, 5.74) is 5.23. The first-order valence-electron chi connectivity index (χ1n) is 8.80. The molecule has 28 heavy (non-hydrogen) atoms. The van der Waals surface area contributed by atoms with Gasteiger partial charge >= 0.3 is 5.97 Å². The Morgan fingerprint density at radius 3 is 2.54 bits per heavy atom. The minimum Gasteiger partial charge on any atom is -0.478 e. The minimum atomic E-state index is -0.969.